The highest BCUT2D eigenvalue weighted by atomic mass is 15.0. The molecule has 2 aromatic heterocycles. The van der Waals surface area contributed by atoms with Gasteiger partial charge < -0.3 is 0 Å². The van der Waals surface area contributed by atoms with E-state index in [9.17, 15) is 5.26 Å². The largest absolute Gasteiger partial charge is 0.228 e. The van der Waals surface area contributed by atoms with Crippen molar-refractivity contribution in [1.82, 2.24) is 24.9 Å². The van der Waals surface area contributed by atoms with Crippen molar-refractivity contribution in [2.24, 2.45) is 0 Å². The second kappa shape index (κ2) is 14.2. The molecule has 6 heteroatoms. The molecule has 54 heavy (non-hydrogen) atoms. The summed E-state index contributed by atoms with van der Waals surface area (Å²) in [5, 5.41) is 10.8. The Bertz CT molecular complexity index is 2840. The molecule has 0 unspecified atom stereocenters. The average Bonchev–Trinajstić information content (AvgIpc) is 3.26. The monoisotopic (exact) mass is 690 g/mol. The molecule has 0 N–H and O–H groups in total. The Labute approximate surface area is 312 Å². The molecule has 252 valence electrons. The molecule has 0 amide bonds. The molecule has 0 saturated heterocycles. The number of benzene rings is 7. The Hall–Kier alpha value is -7.62. The van der Waals surface area contributed by atoms with E-state index in [-0.39, 0.29) is 0 Å². The zero-order valence-corrected chi connectivity index (χ0v) is 29.0. The third-order valence-electron chi connectivity index (χ3n) is 9.42. The lowest BCUT2D eigenvalue weighted by atomic mass is 9.92. The van der Waals surface area contributed by atoms with Crippen molar-refractivity contribution in [2.75, 3.05) is 0 Å². The fourth-order valence-electron chi connectivity index (χ4n) is 6.84. The van der Waals surface area contributed by atoms with Gasteiger partial charge in [-0.25, -0.2) is 24.9 Å². The quantitative estimate of drug-likeness (QED) is 0.165. The molecule has 0 spiro atoms. The van der Waals surface area contributed by atoms with Crippen LogP contribution in [-0.2, 0) is 0 Å². The molecule has 9 aromatic rings. The van der Waals surface area contributed by atoms with Gasteiger partial charge in [0.1, 0.15) is 0 Å². The summed E-state index contributed by atoms with van der Waals surface area (Å²) in [6, 6.07) is 62.7. The maximum Gasteiger partial charge on any atom is 0.164 e. The van der Waals surface area contributed by atoms with Crippen LogP contribution in [0.3, 0.4) is 0 Å². The van der Waals surface area contributed by atoms with Gasteiger partial charge in [-0.2, -0.15) is 5.26 Å². The number of nitriles is 1. The van der Waals surface area contributed by atoms with Crippen LogP contribution in [0, 0.1) is 11.3 Å². The lowest BCUT2D eigenvalue weighted by molar-refractivity contribution is 1.07. The molecular formula is C48H30N6. The van der Waals surface area contributed by atoms with E-state index in [4.69, 9.17) is 24.9 Å². The highest BCUT2D eigenvalue weighted by Gasteiger charge is 2.20. The Kier molecular flexibility index (Phi) is 8.48. The maximum absolute atomic E-state index is 9.83. The van der Waals surface area contributed by atoms with Crippen molar-refractivity contribution in [1.29, 1.82) is 5.26 Å². The summed E-state index contributed by atoms with van der Waals surface area (Å²) in [6.07, 6.45) is 0. The number of aromatic nitrogens is 5. The highest BCUT2D eigenvalue weighted by molar-refractivity contribution is 5.99. The minimum Gasteiger partial charge on any atom is -0.228 e. The van der Waals surface area contributed by atoms with E-state index in [0.29, 0.717) is 28.9 Å². The molecule has 7 aromatic carbocycles. The van der Waals surface area contributed by atoms with Gasteiger partial charge in [0.2, 0.25) is 0 Å². The third kappa shape index (κ3) is 6.17. The van der Waals surface area contributed by atoms with Gasteiger partial charge in [0.05, 0.1) is 22.8 Å². The number of fused-ring (bicyclic) bond motifs is 1. The van der Waals surface area contributed by atoms with Crippen LogP contribution in [0.4, 0.5) is 0 Å². The zero-order valence-electron chi connectivity index (χ0n) is 29.0. The average molecular weight is 691 g/mol. The van der Waals surface area contributed by atoms with Crippen LogP contribution in [-0.4, -0.2) is 24.9 Å². The Morgan fingerprint density at radius 1 is 0.333 bits per heavy atom. The Balaban J connectivity index is 1.24. The summed E-state index contributed by atoms with van der Waals surface area (Å²) < 4.78 is 0. The second-order valence-electron chi connectivity index (χ2n) is 12.8. The van der Waals surface area contributed by atoms with Gasteiger partial charge in [-0.15, -0.1) is 0 Å². The third-order valence-corrected chi connectivity index (χ3v) is 9.42. The Morgan fingerprint density at radius 3 is 1.52 bits per heavy atom. The van der Waals surface area contributed by atoms with Gasteiger partial charge in [-0.05, 0) is 40.5 Å². The predicted octanol–water partition coefficient (Wildman–Crippen LogP) is 11.4. The Morgan fingerprint density at radius 2 is 0.815 bits per heavy atom. The first-order valence-electron chi connectivity index (χ1n) is 17.7. The molecule has 0 aliphatic carbocycles. The van der Waals surface area contributed by atoms with Gasteiger partial charge in [-0.1, -0.05) is 164 Å². The van der Waals surface area contributed by atoms with Crippen LogP contribution in [0.2, 0.25) is 0 Å². The predicted molar refractivity (Wildman–Crippen MR) is 216 cm³/mol. The SMILES string of the molecule is N#Cc1ccccc1-c1cccc(-c2nc(-c3ccccc3)nc(-c3ccccc3-c3ccccc3-c3nc(-c4ccccc4)nc4ccccc34)n2)c1. The van der Waals surface area contributed by atoms with Gasteiger partial charge in [0, 0.05) is 33.2 Å². The maximum atomic E-state index is 9.83. The molecule has 0 aliphatic heterocycles. The molecule has 0 radical (unpaired) electrons. The number of para-hydroxylation sites is 1. The van der Waals surface area contributed by atoms with E-state index < -0.39 is 0 Å². The van der Waals surface area contributed by atoms with Crippen LogP contribution < -0.4 is 0 Å². The minimum atomic E-state index is 0.535. The number of hydrogen-bond acceptors (Lipinski definition) is 6. The number of rotatable bonds is 7. The van der Waals surface area contributed by atoms with Gasteiger partial charge in [0.15, 0.2) is 23.3 Å². The summed E-state index contributed by atoms with van der Waals surface area (Å²) in [6.45, 7) is 0. The summed E-state index contributed by atoms with van der Waals surface area (Å²) >= 11 is 0. The van der Waals surface area contributed by atoms with Crippen molar-refractivity contribution in [2.45, 2.75) is 0 Å². The van der Waals surface area contributed by atoms with Crippen LogP contribution in [0.5, 0.6) is 0 Å². The van der Waals surface area contributed by atoms with E-state index in [0.717, 1.165) is 66.7 Å². The summed E-state index contributed by atoms with van der Waals surface area (Å²) in [4.78, 5) is 25.4. The van der Waals surface area contributed by atoms with Crippen molar-refractivity contribution in [3.63, 3.8) is 0 Å². The minimum absolute atomic E-state index is 0.535. The lowest BCUT2D eigenvalue weighted by Gasteiger charge is -2.16. The molecule has 0 saturated carbocycles. The fourth-order valence-corrected chi connectivity index (χ4v) is 6.84. The van der Waals surface area contributed by atoms with Crippen molar-refractivity contribution in [3.05, 3.63) is 188 Å². The first-order valence-corrected chi connectivity index (χ1v) is 17.7. The highest BCUT2D eigenvalue weighted by Crippen LogP contribution is 2.40. The summed E-state index contributed by atoms with van der Waals surface area (Å²) in [5.41, 5.74) is 10.5. The summed E-state index contributed by atoms with van der Waals surface area (Å²) in [5.74, 6) is 2.31. The van der Waals surface area contributed by atoms with Crippen LogP contribution >= 0.6 is 0 Å². The first-order chi connectivity index (χ1) is 26.7. The van der Waals surface area contributed by atoms with E-state index >= 15 is 0 Å². The summed E-state index contributed by atoms with van der Waals surface area (Å²) in [7, 11) is 0. The molecule has 0 bridgehead atoms. The van der Waals surface area contributed by atoms with E-state index in [1.54, 1.807) is 0 Å². The van der Waals surface area contributed by atoms with Gasteiger partial charge >= 0.3 is 0 Å². The van der Waals surface area contributed by atoms with Crippen LogP contribution in [0.15, 0.2) is 182 Å². The first kappa shape index (κ1) is 32.3. The smallest absolute Gasteiger partial charge is 0.164 e. The fraction of sp³-hybridized carbons (Fsp3) is 0. The van der Waals surface area contributed by atoms with Crippen molar-refractivity contribution >= 4 is 10.9 Å². The van der Waals surface area contributed by atoms with Gasteiger partial charge in [-0.3, -0.25) is 0 Å². The van der Waals surface area contributed by atoms with Gasteiger partial charge in [0.25, 0.3) is 0 Å². The molecule has 0 fully saturated rings. The van der Waals surface area contributed by atoms with Crippen LogP contribution in [0.25, 0.3) is 90.0 Å². The molecule has 0 atom stereocenters. The second-order valence-corrected chi connectivity index (χ2v) is 12.8. The zero-order chi connectivity index (χ0) is 36.3. The molecule has 0 aliphatic rings. The van der Waals surface area contributed by atoms with E-state index in [2.05, 4.69) is 42.5 Å². The normalized spacial score (nSPS) is 10.9. The van der Waals surface area contributed by atoms with Crippen LogP contribution in [0.1, 0.15) is 5.56 Å². The number of nitrogens with zero attached hydrogens (tertiary/aromatic N) is 6. The van der Waals surface area contributed by atoms with Crippen molar-refractivity contribution < 1.29 is 0 Å². The molecule has 9 rings (SSSR count). The number of hydrogen-bond donors (Lipinski definition) is 0. The lowest BCUT2D eigenvalue weighted by Crippen LogP contribution is -2.02. The molecule has 2 heterocycles. The standard InChI is InChI=1S/C48H30N6/c49-31-36-20-7-8-23-37(36)34-21-15-22-35(30-34)47-52-46(33-18-5-2-6-19-33)53-48(54-47)41-27-12-10-25-39(41)38-24-9-11-26-40(38)44-42-28-13-14-29-43(42)50-45(51-44)32-16-3-1-4-17-32/h1-30H. The topological polar surface area (TPSA) is 88.2 Å². The van der Waals surface area contributed by atoms with E-state index in [1.165, 1.54) is 0 Å². The molecular weight excluding hydrogens is 661 g/mol. The van der Waals surface area contributed by atoms with Crippen molar-refractivity contribution in [3.8, 4) is 85.1 Å². The molecule has 6 nitrogen and oxygen atoms in total. The van der Waals surface area contributed by atoms with E-state index in [1.807, 2.05) is 146 Å².